The average Bonchev–Trinajstić information content (AvgIpc) is 2.50. The molecule has 1 unspecified atom stereocenters. The van der Waals surface area contributed by atoms with Crippen LogP contribution in [0.2, 0.25) is 0 Å². The van der Waals surface area contributed by atoms with Gasteiger partial charge in [0.15, 0.2) is 6.10 Å². The van der Waals surface area contributed by atoms with Crippen LogP contribution in [0.15, 0.2) is 0 Å². The molecule has 23 heavy (non-hydrogen) atoms. The number of aliphatic hydroxyl groups is 2. The standard InChI is InChI=1S/C18H36O4.Li.H/c19-16-14-12-10-8-6-4-2-1-3-5-7-9-11-13-15-17(20)18(21)22;;/h17,19-20H,1-16H2,(H,21,22);;. The van der Waals surface area contributed by atoms with E-state index in [4.69, 9.17) is 15.3 Å². The van der Waals surface area contributed by atoms with E-state index in [9.17, 15) is 4.79 Å². The predicted octanol–water partition coefficient (Wildman–Crippen LogP) is 3.63. The van der Waals surface area contributed by atoms with Crippen LogP contribution >= 0.6 is 0 Å². The summed E-state index contributed by atoms with van der Waals surface area (Å²) in [6.45, 7) is 0.333. The summed E-state index contributed by atoms with van der Waals surface area (Å²) >= 11 is 0. The third kappa shape index (κ3) is 19.9. The van der Waals surface area contributed by atoms with Gasteiger partial charge in [0, 0.05) is 6.61 Å². The summed E-state index contributed by atoms with van der Waals surface area (Å²) in [6, 6.07) is 0. The van der Waals surface area contributed by atoms with Gasteiger partial charge in [0.25, 0.3) is 0 Å². The van der Waals surface area contributed by atoms with Crippen molar-refractivity contribution in [2.45, 2.75) is 102 Å². The van der Waals surface area contributed by atoms with Crippen LogP contribution in [-0.4, -0.2) is 52.9 Å². The van der Waals surface area contributed by atoms with Gasteiger partial charge < -0.3 is 15.3 Å². The number of carboxylic acids is 1. The zero-order valence-corrected chi connectivity index (χ0v) is 14.1. The van der Waals surface area contributed by atoms with Crippen LogP contribution in [-0.2, 0) is 4.79 Å². The molecule has 0 aliphatic carbocycles. The Hall–Kier alpha value is -0.0126. The maximum absolute atomic E-state index is 10.4. The molecule has 0 spiro atoms. The third-order valence-corrected chi connectivity index (χ3v) is 4.17. The van der Waals surface area contributed by atoms with E-state index in [0.717, 1.165) is 25.7 Å². The fraction of sp³-hybridized carbons (Fsp3) is 0.944. The second kappa shape index (κ2) is 20.0. The van der Waals surface area contributed by atoms with Crippen molar-refractivity contribution in [3.05, 3.63) is 0 Å². The number of aliphatic carboxylic acids is 1. The second-order valence-corrected chi connectivity index (χ2v) is 6.32. The average molecular weight is 324 g/mol. The van der Waals surface area contributed by atoms with Gasteiger partial charge in [-0.05, 0) is 12.8 Å². The van der Waals surface area contributed by atoms with Crippen LogP contribution in [0.3, 0.4) is 0 Å². The normalized spacial score (nSPS) is 11.9. The predicted molar refractivity (Wildman–Crippen MR) is 97.1 cm³/mol. The van der Waals surface area contributed by atoms with Crippen LogP contribution in [0.1, 0.15) is 96.3 Å². The molecule has 0 radical (unpaired) electrons. The summed E-state index contributed by atoms with van der Waals surface area (Å²) in [6.07, 6.45) is 16.0. The van der Waals surface area contributed by atoms with Crippen molar-refractivity contribution < 1.29 is 20.1 Å². The summed E-state index contributed by atoms with van der Waals surface area (Å²) < 4.78 is 0. The van der Waals surface area contributed by atoms with Crippen molar-refractivity contribution in [3.8, 4) is 0 Å². The fourth-order valence-electron chi connectivity index (χ4n) is 2.69. The van der Waals surface area contributed by atoms with Gasteiger partial charge in [0.2, 0.25) is 0 Å². The Balaban J connectivity index is 0. The minimum absolute atomic E-state index is 0. The summed E-state index contributed by atoms with van der Waals surface area (Å²) in [5.41, 5.74) is 0. The van der Waals surface area contributed by atoms with Gasteiger partial charge in [-0.15, -0.1) is 0 Å². The summed E-state index contributed by atoms with van der Waals surface area (Å²) in [5.74, 6) is -1.10. The van der Waals surface area contributed by atoms with Gasteiger partial charge in [-0.25, -0.2) is 4.79 Å². The molecule has 5 heteroatoms. The van der Waals surface area contributed by atoms with E-state index in [1.54, 1.807) is 0 Å². The molecule has 0 rings (SSSR count). The quantitative estimate of drug-likeness (QED) is 0.282. The van der Waals surface area contributed by atoms with Gasteiger partial charge in [0.05, 0.1) is 0 Å². The molecule has 1 atom stereocenters. The summed E-state index contributed by atoms with van der Waals surface area (Å²) in [5, 5.41) is 26.3. The van der Waals surface area contributed by atoms with Crippen LogP contribution in [0.25, 0.3) is 0 Å². The van der Waals surface area contributed by atoms with E-state index in [1.165, 1.54) is 64.2 Å². The van der Waals surface area contributed by atoms with Gasteiger partial charge in [-0.3, -0.25) is 0 Å². The van der Waals surface area contributed by atoms with Crippen LogP contribution in [0.4, 0.5) is 0 Å². The van der Waals surface area contributed by atoms with Crippen LogP contribution in [0, 0.1) is 0 Å². The molecular formula is C18H37LiO4. The number of hydrogen-bond donors (Lipinski definition) is 3. The van der Waals surface area contributed by atoms with Gasteiger partial charge in [-0.2, -0.15) is 0 Å². The molecule has 4 nitrogen and oxygen atoms in total. The maximum atomic E-state index is 10.4. The number of unbranched alkanes of at least 4 members (excludes halogenated alkanes) is 13. The fourth-order valence-corrected chi connectivity index (χ4v) is 2.69. The topological polar surface area (TPSA) is 77.8 Å². The number of rotatable bonds is 17. The molecule has 0 saturated carbocycles. The summed E-state index contributed by atoms with van der Waals surface area (Å²) in [7, 11) is 0. The molecule has 0 aromatic heterocycles. The first-order chi connectivity index (χ1) is 10.7. The second-order valence-electron chi connectivity index (χ2n) is 6.32. The molecule has 3 N–H and O–H groups in total. The molecule has 0 bridgehead atoms. The molecule has 0 heterocycles. The van der Waals surface area contributed by atoms with E-state index in [2.05, 4.69) is 0 Å². The van der Waals surface area contributed by atoms with E-state index >= 15 is 0 Å². The Kier molecular flexibility index (Phi) is 22.0. The number of hydrogen-bond acceptors (Lipinski definition) is 3. The number of carboxylic acid groups (broad SMARTS) is 1. The molecule has 134 valence electrons. The first-order valence-electron chi connectivity index (χ1n) is 9.20. The Labute approximate surface area is 154 Å². The molecule has 0 saturated heterocycles. The van der Waals surface area contributed by atoms with Crippen LogP contribution in [0.5, 0.6) is 0 Å². The Morgan fingerprint density at radius 2 is 0.957 bits per heavy atom. The van der Waals surface area contributed by atoms with Crippen molar-refractivity contribution in [1.82, 2.24) is 0 Å². The van der Waals surface area contributed by atoms with E-state index in [-0.39, 0.29) is 18.9 Å². The van der Waals surface area contributed by atoms with Crippen molar-refractivity contribution in [2.75, 3.05) is 6.61 Å². The van der Waals surface area contributed by atoms with E-state index in [0.29, 0.717) is 13.0 Å². The summed E-state index contributed by atoms with van der Waals surface area (Å²) in [4.78, 5) is 10.4. The SMILES string of the molecule is O=C(O)C(O)CCCCCCCCCCCCCCCCO.[LiH]. The van der Waals surface area contributed by atoms with Crippen molar-refractivity contribution in [2.24, 2.45) is 0 Å². The molecule has 0 aliphatic heterocycles. The van der Waals surface area contributed by atoms with Crippen LogP contribution < -0.4 is 0 Å². The molecule has 0 amide bonds. The Morgan fingerprint density at radius 1 is 0.652 bits per heavy atom. The van der Waals surface area contributed by atoms with Crippen molar-refractivity contribution in [3.63, 3.8) is 0 Å². The number of carbonyl (C=O) groups is 1. The van der Waals surface area contributed by atoms with Gasteiger partial charge >= 0.3 is 24.8 Å². The minimum atomic E-state index is -1.18. The van der Waals surface area contributed by atoms with E-state index < -0.39 is 12.1 Å². The number of aliphatic hydroxyl groups excluding tert-OH is 2. The van der Waals surface area contributed by atoms with E-state index in [1.807, 2.05) is 0 Å². The zero-order valence-electron chi connectivity index (χ0n) is 14.1. The molecule has 0 aromatic rings. The third-order valence-electron chi connectivity index (χ3n) is 4.17. The molecule has 0 aromatic carbocycles. The first-order valence-corrected chi connectivity index (χ1v) is 9.20. The monoisotopic (exact) mass is 324 g/mol. The first kappa shape index (κ1) is 25.2. The zero-order chi connectivity index (χ0) is 16.5. The molecule has 0 fully saturated rings. The van der Waals surface area contributed by atoms with Gasteiger partial charge in [-0.1, -0.05) is 83.5 Å². The van der Waals surface area contributed by atoms with Crippen molar-refractivity contribution >= 4 is 24.8 Å². The molecular weight excluding hydrogens is 287 g/mol. The van der Waals surface area contributed by atoms with Crippen molar-refractivity contribution in [1.29, 1.82) is 0 Å². The van der Waals surface area contributed by atoms with Gasteiger partial charge in [0.1, 0.15) is 0 Å². The Bertz CT molecular complexity index is 249. The Morgan fingerprint density at radius 3 is 1.26 bits per heavy atom. The molecule has 0 aliphatic rings.